The lowest BCUT2D eigenvalue weighted by molar-refractivity contribution is 0.152. The maximum Gasteiger partial charge on any atom is 0.0874 e. The van der Waals surface area contributed by atoms with Gasteiger partial charge in [0, 0.05) is 19.9 Å². The summed E-state index contributed by atoms with van der Waals surface area (Å²) in [4.78, 5) is 0. The van der Waals surface area contributed by atoms with E-state index in [1.54, 1.807) is 13.3 Å². The number of hydrogen-bond donors (Lipinski definition) is 1. The fourth-order valence-corrected chi connectivity index (χ4v) is 1.37. The van der Waals surface area contributed by atoms with Crippen molar-refractivity contribution in [1.29, 1.82) is 0 Å². The minimum atomic E-state index is 0.151. The van der Waals surface area contributed by atoms with Gasteiger partial charge in [-0.25, -0.2) is 0 Å². The fourth-order valence-electron chi connectivity index (χ4n) is 0.959. The van der Waals surface area contributed by atoms with Crippen LogP contribution in [0.3, 0.4) is 0 Å². The van der Waals surface area contributed by atoms with Crippen LogP contribution in [-0.4, -0.2) is 30.0 Å². The highest BCUT2D eigenvalue weighted by Crippen LogP contribution is 2.07. The van der Waals surface area contributed by atoms with E-state index in [1.165, 1.54) is 0 Å². The van der Waals surface area contributed by atoms with Gasteiger partial charge < -0.3 is 10.5 Å². The van der Waals surface area contributed by atoms with Gasteiger partial charge in [-0.3, -0.25) is 4.68 Å². The second kappa shape index (κ2) is 4.78. The molecule has 0 aliphatic carbocycles. The predicted octanol–water partition coefficient (Wildman–Crippen LogP) is 0.634. The van der Waals surface area contributed by atoms with Crippen LogP contribution in [0.4, 0.5) is 0 Å². The van der Waals surface area contributed by atoms with Crippen LogP contribution in [0.25, 0.3) is 0 Å². The molecule has 0 bridgehead atoms. The Morgan fingerprint density at radius 2 is 2.58 bits per heavy atom. The number of hydrogen-bond acceptors (Lipinski definition) is 3. The van der Waals surface area contributed by atoms with Crippen molar-refractivity contribution in [3.05, 3.63) is 16.0 Å². The van der Waals surface area contributed by atoms with Crippen LogP contribution in [0, 0.1) is 3.57 Å². The zero-order chi connectivity index (χ0) is 8.97. The van der Waals surface area contributed by atoms with Crippen LogP contribution in [0.2, 0.25) is 0 Å². The highest BCUT2D eigenvalue weighted by Gasteiger charge is 2.08. The lowest BCUT2D eigenvalue weighted by atomic mass is 10.3. The van der Waals surface area contributed by atoms with E-state index in [0.717, 1.165) is 3.57 Å². The normalized spacial score (nSPS) is 13.2. The van der Waals surface area contributed by atoms with Gasteiger partial charge in [-0.2, -0.15) is 5.10 Å². The molecule has 1 aromatic rings. The molecule has 0 fully saturated rings. The topological polar surface area (TPSA) is 53.1 Å². The van der Waals surface area contributed by atoms with Crippen LogP contribution in [0.1, 0.15) is 6.04 Å². The van der Waals surface area contributed by atoms with Crippen LogP contribution in [0.5, 0.6) is 0 Å². The van der Waals surface area contributed by atoms with E-state index >= 15 is 0 Å². The van der Waals surface area contributed by atoms with Gasteiger partial charge in [0.15, 0.2) is 0 Å². The Kier molecular flexibility index (Phi) is 3.96. The molecule has 0 saturated carbocycles. The first kappa shape index (κ1) is 9.94. The Bertz CT molecular complexity index is 238. The number of methoxy groups -OCH3 is 1. The van der Waals surface area contributed by atoms with Crippen molar-refractivity contribution in [2.24, 2.45) is 5.73 Å². The lowest BCUT2D eigenvalue weighted by Gasteiger charge is -2.13. The summed E-state index contributed by atoms with van der Waals surface area (Å²) < 4.78 is 7.97. The van der Waals surface area contributed by atoms with Crippen molar-refractivity contribution < 1.29 is 4.74 Å². The van der Waals surface area contributed by atoms with Crippen LogP contribution < -0.4 is 5.73 Å². The number of rotatable bonds is 4. The highest BCUT2D eigenvalue weighted by atomic mass is 127. The zero-order valence-corrected chi connectivity index (χ0v) is 9.06. The van der Waals surface area contributed by atoms with Gasteiger partial charge in [-0.05, 0) is 22.6 Å². The molecule has 1 atom stereocenters. The minimum Gasteiger partial charge on any atom is -0.382 e. The first-order valence-electron chi connectivity index (χ1n) is 3.66. The van der Waals surface area contributed by atoms with E-state index in [9.17, 15) is 0 Å². The SMILES string of the molecule is COCC(CN)n1cc(I)cn1. The first-order chi connectivity index (χ1) is 5.77. The Labute approximate surface area is 85.2 Å². The van der Waals surface area contributed by atoms with Gasteiger partial charge in [0.05, 0.1) is 22.4 Å². The number of ether oxygens (including phenoxy) is 1. The van der Waals surface area contributed by atoms with E-state index < -0.39 is 0 Å². The molecule has 1 heterocycles. The van der Waals surface area contributed by atoms with E-state index in [1.807, 2.05) is 10.9 Å². The molecule has 0 aliphatic heterocycles. The molecule has 0 aliphatic rings. The van der Waals surface area contributed by atoms with Gasteiger partial charge in [-0.1, -0.05) is 0 Å². The van der Waals surface area contributed by atoms with E-state index in [-0.39, 0.29) is 6.04 Å². The molecule has 1 rings (SSSR count). The fraction of sp³-hybridized carbons (Fsp3) is 0.571. The molecule has 12 heavy (non-hydrogen) atoms. The molecule has 2 N–H and O–H groups in total. The quantitative estimate of drug-likeness (QED) is 0.824. The van der Waals surface area contributed by atoms with Crippen LogP contribution in [0.15, 0.2) is 12.4 Å². The molecule has 0 radical (unpaired) electrons. The van der Waals surface area contributed by atoms with Gasteiger partial charge in [0.25, 0.3) is 0 Å². The molecular formula is C7H12IN3O. The standard InChI is InChI=1S/C7H12IN3O/c1-12-5-7(2-9)11-4-6(8)3-10-11/h3-4,7H,2,5,9H2,1H3. The van der Waals surface area contributed by atoms with Crippen molar-refractivity contribution in [2.45, 2.75) is 6.04 Å². The molecule has 0 amide bonds. The monoisotopic (exact) mass is 281 g/mol. The third kappa shape index (κ3) is 2.43. The Balaban J connectivity index is 2.66. The van der Waals surface area contributed by atoms with Crippen molar-refractivity contribution in [3.63, 3.8) is 0 Å². The Morgan fingerprint density at radius 3 is 3.00 bits per heavy atom. The minimum absolute atomic E-state index is 0.151. The highest BCUT2D eigenvalue weighted by molar-refractivity contribution is 14.1. The summed E-state index contributed by atoms with van der Waals surface area (Å²) in [5.74, 6) is 0. The molecule has 0 saturated heterocycles. The first-order valence-corrected chi connectivity index (χ1v) is 4.74. The molecular weight excluding hydrogens is 269 g/mol. The summed E-state index contributed by atoms with van der Waals surface area (Å²) in [7, 11) is 1.66. The van der Waals surface area contributed by atoms with Gasteiger partial charge in [0.2, 0.25) is 0 Å². The summed E-state index contributed by atoms with van der Waals surface area (Å²) in [6, 6.07) is 0.151. The Hall–Kier alpha value is -0.140. The van der Waals surface area contributed by atoms with Crippen molar-refractivity contribution in [3.8, 4) is 0 Å². The lowest BCUT2D eigenvalue weighted by Crippen LogP contribution is -2.23. The van der Waals surface area contributed by atoms with E-state index in [2.05, 4.69) is 27.7 Å². The largest absolute Gasteiger partial charge is 0.382 e. The molecule has 5 heteroatoms. The van der Waals surface area contributed by atoms with Gasteiger partial charge >= 0.3 is 0 Å². The summed E-state index contributed by atoms with van der Waals surface area (Å²) >= 11 is 2.21. The molecule has 68 valence electrons. The van der Waals surface area contributed by atoms with E-state index in [0.29, 0.717) is 13.2 Å². The smallest absolute Gasteiger partial charge is 0.0874 e. The number of halogens is 1. The van der Waals surface area contributed by atoms with E-state index in [4.69, 9.17) is 10.5 Å². The Morgan fingerprint density at radius 1 is 1.83 bits per heavy atom. The summed E-state index contributed by atoms with van der Waals surface area (Å²) in [6.07, 6.45) is 3.76. The molecule has 0 spiro atoms. The third-order valence-electron chi connectivity index (χ3n) is 1.58. The second-order valence-electron chi connectivity index (χ2n) is 2.48. The average Bonchev–Trinajstić information content (AvgIpc) is 2.47. The van der Waals surface area contributed by atoms with Crippen LogP contribution in [-0.2, 0) is 4.74 Å². The van der Waals surface area contributed by atoms with Crippen molar-refractivity contribution in [1.82, 2.24) is 9.78 Å². The second-order valence-corrected chi connectivity index (χ2v) is 3.73. The zero-order valence-electron chi connectivity index (χ0n) is 6.90. The van der Waals surface area contributed by atoms with Gasteiger partial charge in [0.1, 0.15) is 0 Å². The summed E-state index contributed by atoms with van der Waals surface area (Å²) in [5.41, 5.74) is 5.56. The van der Waals surface area contributed by atoms with Crippen LogP contribution >= 0.6 is 22.6 Å². The average molecular weight is 281 g/mol. The summed E-state index contributed by atoms with van der Waals surface area (Å²) in [5, 5.41) is 4.15. The molecule has 1 unspecified atom stereocenters. The molecule has 1 aromatic heterocycles. The van der Waals surface area contributed by atoms with Gasteiger partial charge in [-0.15, -0.1) is 0 Å². The maximum absolute atomic E-state index is 5.56. The maximum atomic E-state index is 5.56. The molecule has 4 nitrogen and oxygen atoms in total. The number of nitrogens with zero attached hydrogens (tertiary/aromatic N) is 2. The van der Waals surface area contributed by atoms with Crippen molar-refractivity contribution in [2.75, 3.05) is 20.3 Å². The number of nitrogens with two attached hydrogens (primary N) is 1. The summed E-state index contributed by atoms with van der Waals surface area (Å²) in [6.45, 7) is 1.15. The molecule has 0 aromatic carbocycles. The number of aromatic nitrogens is 2. The third-order valence-corrected chi connectivity index (χ3v) is 2.13. The van der Waals surface area contributed by atoms with Crippen molar-refractivity contribution >= 4 is 22.6 Å². The predicted molar refractivity (Wildman–Crippen MR) is 54.9 cm³/mol.